The van der Waals surface area contributed by atoms with E-state index in [0.29, 0.717) is 5.92 Å². The molecule has 1 rings (SSSR count). The van der Waals surface area contributed by atoms with Crippen molar-refractivity contribution in [2.45, 2.75) is 26.3 Å². The number of phenols is 1. The highest BCUT2D eigenvalue weighted by Crippen LogP contribution is 2.35. The zero-order valence-corrected chi connectivity index (χ0v) is 10.3. The van der Waals surface area contributed by atoms with Gasteiger partial charge in [0.15, 0.2) is 5.75 Å². The van der Waals surface area contributed by atoms with Crippen molar-refractivity contribution in [3.05, 3.63) is 27.7 Å². The first kappa shape index (κ1) is 12.6. The Hall–Kier alpha value is -0.440. The van der Waals surface area contributed by atoms with Gasteiger partial charge in [0, 0.05) is 6.04 Å². The fraction of sp³-hybridized carbons (Fsp3) is 0.455. The van der Waals surface area contributed by atoms with Gasteiger partial charge >= 0.3 is 0 Å². The zero-order valence-electron chi connectivity index (χ0n) is 8.80. The number of benzene rings is 1. The molecule has 1 atom stereocenters. The molecule has 15 heavy (non-hydrogen) atoms. The molecular formula is C11H15Cl2NO. The normalized spacial score (nSPS) is 13.2. The average Bonchev–Trinajstić information content (AvgIpc) is 2.12. The van der Waals surface area contributed by atoms with Gasteiger partial charge in [-0.15, -0.1) is 0 Å². The molecule has 0 aliphatic heterocycles. The van der Waals surface area contributed by atoms with Gasteiger partial charge in [-0.1, -0.05) is 37.0 Å². The lowest BCUT2D eigenvalue weighted by Gasteiger charge is -2.15. The van der Waals surface area contributed by atoms with Gasteiger partial charge < -0.3 is 10.8 Å². The lowest BCUT2D eigenvalue weighted by Crippen LogP contribution is -2.12. The molecule has 0 spiro atoms. The molecule has 0 heterocycles. The SMILES string of the molecule is CC(C)CC(N)c1cc(Cl)c(O)c(Cl)c1. The van der Waals surface area contributed by atoms with Crippen molar-refractivity contribution in [3.8, 4) is 5.75 Å². The summed E-state index contributed by atoms with van der Waals surface area (Å²) in [5.74, 6) is 0.421. The predicted molar refractivity (Wildman–Crippen MR) is 64.5 cm³/mol. The van der Waals surface area contributed by atoms with E-state index in [1.807, 2.05) is 0 Å². The maximum Gasteiger partial charge on any atom is 0.152 e. The number of aromatic hydroxyl groups is 1. The van der Waals surface area contributed by atoms with Crippen molar-refractivity contribution in [1.29, 1.82) is 0 Å². The number of hydrogen-bond donors (Lipinski definition) is 2. The maximum absolute atomic E-state index is 9.39. The fourth-order valence-corrected chi connectivity index (χ4v) is 1.95. The average molecular weight is 248 g/mol. The minimum atomic E-state index is -0.0967. The van der Waals surface area contributed by atoms with Crippen LogP contribution in [0.1, 0.15) is 31.9 Å². The number of nitrogens with two attached hydrogens (primary N) is 1. The minimum absolute atomic E-state index is 0.0844. The number of rotatable bonds is 3. The van der Waals surface area contributed by atoms with Gasteiger partial charge in [-0.25, -0.2) is 0 Å². The van der Waals surface area contributed by atoms with E-state index in [2.05, 4.69) is 13.8 Å². The van der Waals surface area contributed by atoms with Gasteiger partial charge in [0.05, 0.1) is 10.0 Å². The Kier molecular flexibility index (Phi) is 4.26. The lowest BCUT2D eigenvalue weighted by atomic mass is 9.98. The third-order valence-corrected chi connectivity index (χ3v) is 2.77. The van der Waals surface area contributed by atoms with E-state index in [9.17, 15) is 5.11 Å². The summed E-state index contributed by atoms with van der Waals surface area (Å²) < 4.78 is 0. The summed E-state index contributed by atoms with van der Waals surface area (Å²) in [7, 11) is 0. The summed E-state index contributed by atoms with van der Waals surface area (Å²) >= 11 is 11.6. The quantitative estimate of drug-likeness (QED) is 0.855. The monoisotopic (exact) mass is 247 g/mol. The molecular weight excluding hydrogens is 233 g/mol. The van der Waals surface area contributed by atoms with Crippen LogP contribution in [0.5, 0.6) is 5.75 Å². The Balaban J connectivity index is 2.95. The van der Waals surface area contributed by atoms with E-state index in [1.165, 1.54) is 0 Å². The molecule has 0 fully saturated rings. The Morgan fingerprint density at radius 3 is 2.13 bits per heavy atom. The second-order valence-electron chi connectivity index (χ2n) is 4.07. The first-order valence-corrected chi connectivity index (χ1v) is 5.61. The Morgan fingerprint density at radius 1 is 1.27 bits per heavy atom. The highest BCUT2D eigenvalue weighted by atomic mass is 35.5. The first-order chi connectivity index (χ1) is 6.91. The standard InChI is InChI=1S/C11H15Cl2NO/c1-6(2)3-10(14)7-4-8(12)11(15)9(13)5-7/h4-6,10,15H,3,14H2,1-2H3. The number of phenolic OH excluding ortho intramolecular Hbond substituents is 1. The van der Waals surface area contributed by atoms with Crippen LogP contribution >= 0.6 is 23.2 Å². The van der Waals surface area contributed by atoms with Crippen LogP contribution in [0, 0.1) is 5.92 Å². The van der Waals surface area contributed by atoms with Crippen molar-refractivity contribution in [3.63, 3.8) is 0 Å². The fourth-order valence-electron chi connectivity index (χ4n) is 1.44. The molecule has 4 heteroatoms. The van der Waals surface area contributed by atoms with Crippen LogP contribution in [0.25, 0.3) is 0 Å². The van der Waals surface area contributed by atoms with E-state index in [4.69, 9.17) is 28.9 Å². The Bertz CT molecular complexity index is 329. The molecule has 3 N–H and O–H groups in total. The second kappa shape index (κ2) is 5.06. The van der Waals surface area contributed by atoms with Gasteiger partial charge in [-0.05, 0) is 30.0 Å². The third-order valence-electron chi connectivity index (χ3n) is 2.19. The molecule has 1 aromatic rings. The molecule has 0 aliphatic rings. The van der Waals surface area contributed by atoms with Crippen LogP contribution in [-0.4, -0.2) is 5.11 Å². The molecule has 0 aromatic heterocycles. The lowest BCUT2D eigenvalue weighted by molar-refractivity contribution is 0.474. The van der Waals surface area contributed by atoms with Crippen molar-refractivity contribution < 1.29 is 5.11 Å². The Labute approximate surface area is 100.0 Å². The molecule has 0 amide bonds. The van der Waals surface area contributed by atoms with Crippen molar-refractivity contribution in [2.24, 2.45) is 11.7 Å². The maximum atomic E-state index is 9.39. The van der Waals surface area contributed by atoms with Gasteiger partial charge in [0.1, 0.15) is 0 Å². The molecule has 2 nitrogen and oxygen atoms in total. The minimum Gasteiger partial charge on any atom is -0.505 e. The van der Waals surface area contributed by atoms with Crippen LogP contribution < -0.4 is 5.73 Å². The molecule has 0 radical (unpaired) electrons. The highest BCUT2D eigenvalue weighted by Gasteiger charge is 2.13. The van der Waals surface area contributed by atoms with Crippen molar-refractivity contribution in [1.82, 2.24) is 0 Å². The summed E-state index contributed by atoms with van der Waals surface area (Å²) in [5, 5.41) is 9.88. The van der Waals surface area contributed by atoms with Crippen LogP contribution in [0.4, 0.5) is 0 Å². The predicted octanol–water partition coefficient (Wildman–Crippen LogP) is 3.74. The van der Waals surface area contributed by atoms with Crippen molar-refractivity contribution >= 4 is 23.2 Å². The number of halogens is 2. The van der Waals surface area contributed by atoms with Crippen LogP contribution in [0.3, 0.4) is 0 Å². The summed E-state index contributed by atoms with van der Waals surface area (Å²) in [4.78, 5) is 0. The Morgan fingerprint density at radius 2 is 1.73 bits per heavy atom. The highest BCUT2D eigenvalue weighted by molar-refractivity contribution is 6.37. The molecule has 0 aliphatic carbocycles. The molecule has 0 saturated carbocycles. The van der Waals surface area contributed by atoms with Gasteiger partial charge in [0.2, 0.25) is 0 Å². The van der Waals surface area contributed by atoms with E-state index in [0.717, 1.165) is 12.0 Å². The van der Waals surface area contributed by atoms with Crippen LogP contribution in [0.15, 0.2) is 12.1 Å². The van der Waals surface area contributed by atoms with E-state index >= 15 is 0 Å². The van der Waals surface area contributed by atoms with Crippen LogP contribution in [-0.2, 0) is 0 Å². The molecule has 0 saturated heterocycles. The topological polar surface area (TPSA) is 46.2 Å². The second-order valence-corrected chi connectivity index (χ2v) is 4.88. The van der Waals surface area contributed by atoms with Gasteiger partial charge in [-0.3, -0.25) is 0 Å². The smallest absolute Gasteiger partial charge is 0.152 e. The van der Waals surface area contributed by atoms with Gasteiger partial charge in [-0.2, -0.15) is 0 Å². The summed E-state index contributed by atoms with van der Waals surface area (Å²) in [6.45, 7) is 4.20. The van der Waals surface area contributed by atoms with E-state index in [-0.39, 0.29) is 21.8 Å². The zero-order chi connectivity index (χ0) is 11.6. The molecule has 0 bridgehead atoms. The molecule has 1 unspecified atom stereocenters. The van der Waals surface area contributed by atoms with Crippen molar-refractivity contribution in [2.75, 3.05) is 0 Å². The summed E-state index contributed by atoms with van der Waals surface area (Å²) in [6.07, 6.45) is 0.859. The van der Waals surface area contributed by atoms with E-state index in [1.54, 1.807) is 12.1 Å². The largest absolute Gasteiger partial charge is 0.505 e. The first-order valence-electron chi connectivity index (χ1n) is 4.85. The number of hydrogen-bond acceptors (Lipinski definition) is 2. The van der Waals surface area contributed by atoms with Gasteiger partial charge in [0.25, 0.3) is 0 Å². The molecule has 84 valence electrons. The molecule has 1 aromatic carbocycles. The summed E-state index contributed by atoms with van der Waals surface area (Å²) in [5.41, 5.74) is 6.84. The van der Waals surface area contributed by atoms with E-state index < -0.39 is 0 Å². The van der Waals surface area contributed by atoms with Crippen LogP contribution in [0.2, 0.25) is 10.0 Å². The third kappa shape index (κ3) is 3.26. The summed E-state index contributed by atoms with van der Waals surface area (Å²) in [6, 6.07) is 3.23.